The minimum absolute atomic E-state index is 0.198. The molecule has 0 saturated carbocycles. The summed E-state index contributed by atoms with van der Waals surface area (Å²) in [5.41, 5.74) is 0.818. The molecule has 3 atom stereocenters. The van der Waals surface area contributed by atoms with E-state index in [0.29, 0.717) is 24.3 Å². The van der Waals surface area contributed by atoms with Crippen LogP contribution in [0, 0.1) is 0 Å². The van der Waals surface area contributed by atoms with Gasteiger partial charge in [-0.05, 0) is 42.4 Å². The summed E-state index contributed by atoms with van der Waals surface area (Å²) < 4.78 is 0. The molecule has 0 aliphatic heterocycles. The highest BCUT2D eigenvalue weighted by Crippen LogP contribution is 2.07. The average molecular weight is 456 g/mol. The van der Waals surface area contributed by atoms with Crippen molar-refractivity contribution in [3.63, 3.8) is 0 Å². The van der Waals surface area contributed by atoms with Gasteiger partial charge in [-0.25, -0.2) is 4.79 Å². The first-order valence-electron chi connectivity index (χ1n) is 9.48. The number of nitrogens with one attached hydrogen (secondary N) is 3. The Hall–Kier alpha value is -2.20. The van der Waals surface area contributed by atoms with Gasteiger partial charge in [0.2, 0.25) is 18.2 Å². The second-order valence-corrected chi connectivity index (χ2v) is 8.52. The Morgan fingerprint density at radius 1 is 0.933 bits per heavy atom. The topological polar surface area (TPSA) is 125 Å². The zero-order valence-corrected chi connectivity index (χ0v) is 18.8. The standard InChI is InChI=1S/C20H29N3O5S2/c1-29-10-8-15(21-13-24)18(25)23-17(12-14-6-4-3-5-7-14)19(26)22-16(20(27)28)9-11-30-2/h3-7,13,15-17H,8-12H2,1-2H3,(H,21,24)(H,22,26)(H,23,25)(H,27,28)/t15-,16-,17+/m0/s1. The molecular weight excluding hydrogens is 426 g/mol. The molecule has 0 aliphatic rings. The molecule has 0 unspecified atom stereocenters. The Bertz CT molecular complexity index is 690. The van der Waals surface area contributed by atoms with Gasteiger partial charge in [0.15, 0.2) is 0 Å². The van der Waals surface area contributed by atoms with E-state index in [4.69, 9.17) is 0 Å². The molecule has 1 aromatic carbocycles. The van der Waals surface area contributed by atoms with E-state index in [0.717, 1.165) is 5.56 Å². The second-order valence-electron chi connectivity index (χ2n) is 6.55. The van der Waals surface area contributed by atoms with Crippen LogP contribution in [0.15, 0.2) is 30.3 Å². The minimum Gasteiger partial charge on any atom is -0.480 e. The van der Waals surface area contributed by atoms with Crippen LogP contribution in [0.5, 0.6) is 0 Å². The van der Waals surface area contributed by atoms with E-state index >= 15 is 0 Å². The number of carbonyl (C=O) groups excluding carboxylic acids is 3. The predicted octanol–water partition coefficient (Wildman–Crippen LogP) is 0.904. The van der Waals surface area contributed by atoms with E-state index in [1.807, 2.05) is 42.8 Å². The number of aliphatic carboxylic acids is 1. The quantitative estimate of drug-likeness (QED) is 0.290. The molecule has 0 saturated heterocycles. The Balaban J connectivity index is 2.96. The van der Waals surface area contributed by atoms with Crippen LogP contribution in [0.2, 0.25) is 0 Å². The second kappa shape index (κ2) is 14.7. The summed E-state index contributed by atoms with van der Waals surface area (Å²) in [5.74, 6) is -0.946. The van der Waals surface area contributed by atoms with Gasteiger partial charge in [-0.2, -0.15) is 23.5 Å². The monoisotopic (exact) mass is 455 g/mol. The molecular formula is C20H29N3O5S2. The highest BCUT2D eigenvalue weighted by molar-refractivity contribution is 7.98. The molecule has 30 heavy (non-hydrogen) atoms. The summed E-state index contributed by atoms with van der Waals surface area (Å²) in [5, 5.41) is 17.1. The molecule has 0 aromatic heterocycles. The molecule has 1 aromatic rings. The number of amides is 3. The molecule has 0 aliphatic carbocycles. The lowest BCUT2D eigenvalue weighted by atomic mass is 10.0. The van der Waals surface area contributed by atoms with E-state index in [1.165, 1.54) is 23.5 Å². The minimum atomic E-state index is -1.12. The van der Waals surface area contributed by atoms with Crippen LogP contribution in [0.4, 0.5) is 0 Å². The van der Waals surface area contributed by atoms with Gasteiger partial charge in [0.1, 0.15) is 18.1 Å². The summed E-state index contributed by atoms with van der Waals surface area (Å²) in [6, 6.07) is 6.34. The van der Waals surface area contributed by atoms with Crippen LogP contribution >= 0.6 is 23.5 Å². The maximum atomic E-state index is 12.9. The molecule has 4 N–H and O–H groups in total. The van der Waals surface area contributed by atoms with Gasteiger partial charge in [0, 0.05) is 6.42 Å². The molecule has 0 spiro atoms. The van der Waals surface area contributed by atoms with Gasteiger partial charge >= 0.3 is 5.97 Å². The van der Waals surface area contributed by atoms with E-state index in [2.05, 4.69) is 16.0 Å². The van der Waals surface area contributed by atoms with Crippen molar-refractivity contribution in [3.05, 3.63) is 35.9 Å². The first-order valence-corrected chi connectivity index (χ1v) is 12.3. The fourth-order valence-corrected chi connectivity index (χ4v) is 3.65. The van der Waals surface area contributed by atoms with Gasteiger partial charge in [0.05, 0.1) is 0 Å². The summed E-state index contributed by atoms with van der Waals surface area (Å²) in [6.45, 7) is 0. The van der Waals surface area contributed by atoms with Crippen molar-refractivity contribution in [2.24, 2.45) is 0 Å². The third-order valence-electron chi connectivity index (χ3n) is 4.34. The number of rotatable bonds is 15. The molecule has 10 heteroatoms. The van der Waals surface area contributed by atoms with Crippen molar-refractivity contribution >= 4 is 47.7 Å². The van der Waals surface area contributed by atoms with E-state index in [1.54, 1.807) is 0 Å². The Morgan fingerprint density at radius 3 is 2.00 bits per heavy atom. The van der Waals surface area contributed by atoms with Gasteiger partial charge in [-0.3, -0.25) is 14.4 Å². The van der Waals surface area contributed by atoms with Crippen LogP contribution in [-0.4, -0.2) is 71.4 Å². The lowest BCUT2D eigenvalue weighted by Crippen LogP contribution is -2.56. The maximum absolute atomic E-state index is 12.9. The zero-order valence-electron chi connectivity index (χ0n) is 17.1. The Morgan fingerprint density at radius 2 is 1.47 bits per heavy atom. The van der Waals surface area contributed by atoms with Crippen molar-refractivity contribution in [1.29, 1.82) is 0 Å². The van der Waals surface area contributed by atoms with Gasteiger partial charge in [-0.1, -0.05) is 30.3 Å². The van der Waals surface area contributed by atoms with Crippen LogP contribution in [0.3, 0.4) is 0 Å². The number of carboxylic acids is 1. The Kier molecular flexibility index (Phi) is 12.7. The molecule has 166 valence electrons. The highest BCUT2D eigenvalue weighted by Gasteiger charge is 2.28. The van der Waals surface area contributed by atoms with Crippen LogP contribution < -0.4 is 16.0 Å². The van der Waals surface area contributed by atoms with Gasteiger partial charge in [0.25, 0.3) is 0 Å². The van der Waals surface area contributed by atoms with Crippen molar-refractivity contribution in [2.45, 2.75) is 37.4 Å². The lowest BCUT2D eigenvalue weighted by molar-refractivity contribution is -0.142. The third kappa shape index (κ3) is 9.53. The fourth-order valence-electron chi connectivity index (χ4n) is 2.70. The number of hydrogen-bond donors (Lipinski definition) is 4. The zero-order chi connectivity index (χ0) is 22.4. The number of carbonyl (C=O) groups is 4. The summed E-state index contributed by atoms with van der Waals surface area (Å²) in [7, 11) is 0. The van der Waals surface area contributed by atoms with E-state index in [-0.39, 0.29) is 12.8 Å². The number of hydrogen-bond acceptors (Lipinski definition) is 6. The molecule has 0 heterocycles. The van der Waals surface area contributed by atoms with Crippen molar-refractivity contribution in [1.82, 2.24) is 16.0 Å². The molecule has 8 nitrogen and oxygen atoms in total. The van der Waals surface area contributed by atoms with Crippen molar-refractivity contribution < 1.29 is 24.3 Å². The van der Waals surface area contributed by atoms with Gasteiger partial charge < -0.3 is 21.1 Å². The molecule has 1 rings (SSSR count). The first-order chi connectivity index (χ1) is 14.4. The third-order valence-corrected chi connectivity index (χ3v) is 5.63. The van der Waals surface area contributed by atoms with E-state index < -0.39 is 35.9 Å². The predicted molar refractivity (Wildman–Crippen MR) is 121 cm³/mol. The molecule has 0 fully saturated rings. The van der Waals surface area contributed by atoms with E-state index in [9.17, 15) is 24.3 Å². The van der Waals surface area contributed by atoms with Gasteiger partial charge in [-0.15, -0.1) is 0 Å². The first kappa shape index (κ1) is 25.8. The summed E-state index contributed by atoms with van der Waals surface area (Å²) >= 11 is 3.02. The highest BCUT2D eigenvalue weighted by atomic mass is 32.2. The maximum Gasteiger partial charge on any atom is 0.326 e. The smallest absolute Gasteiger partial charge is 0.326 e. The van der Waals surface area contributed by atoms with Crippen LogP contribution in [0.25, 0.3) is 0 Å². The fraction of sp³-hybridized carbons (Fsp3) is 0.500. The van der Waals surface area contributed by atoms with Crippen molar-refractivity contribution in [2.75, 3.05) is 24.0 Å². The number of benzene rings is 1. The number of thioether (sulfide) groups is 2. The molecule has 3 amide bonds. The SMILES string of the molecule is CSCC[C@H](NC(=O)[C@@H](Cc1ccccc1)NC(=O)[C@H](CCSC)NC=O)C(=O)O. The normalized spacial score (nSPS) is 13.5. The summed E-state index contributed by atoms with van der Waals surface area (Å²) in [6.07, 6.45) is 5.09. The van der Waals surface area contributed by atoms with Crippen LogP contribution in [-0.2, 0) is 25.6 Å². The van der Waals surface area contributed by atoms with Crippen LogP contribution in [0.1, 0.15) is 18.4 Å². The molecule has 0 radical (unpaired) electrons. The summed E-state index contributed by atoms with van der Waals surface area (Å²) in [4.78, 5) is 47.9. The largest absolute Gasteiger partial charge is 0.480 e. The number of carboxylic acid groups (broad SMARTS) is 1. The molecule has 0 bridgehead atoms. The lowest BCUT2D eigenvalue weighted by Gasteiger charge is -2.24. The van der Waals surface area contributed by atoms with Crippen molar-refractivity contribution in [3.8, 4) is 0 Å². The Labute approximate surface area is 185 Å². The average Bonchev–Trinajstić information content (AvgIpc) is 2.73.